The van der Waals surface area contributed by atoms with Crippen molar-refractivity contribution in [1.82, 2.24) is 4.57 Å². The van der Waals surface area contributed by atoms with Gasteiger partial charge in [-0.25, -0.2) is 4.79 Å². The van der Waals surface area contributed by atoms with Crippen LogP contribution in [0.5, 0.6) is 0 Å². The maximum absolute atomic E-state index is 13.0. The van der Waals surface area contributed by atoms with Crippen molar-refractivity contribution in [3.8, 4) is 5.69 Å². The molecule has 122 valence electrons. The van der Waals surface area contributed by atoms with Crippen molar-refractivity contribution in [2.75, 3.05) is 7.11 Å². The van der Waals surface area contributed by atoms with Crippen LogP contribution in [-0.4, -0.2) is 29.2 Å². The van der Waals surface area contributed by atoms with E-state index in [1.807, 2.05) is 18.2 Å². The molecule has 3 aromatic rings. The van der Waals surface area contributed by atoms with E-state index in [9.17, 15) is 14.4 Å². The number of para-hydroxylation sites is 1. The van der Waals surface area contributed by atoms with E-state index in [1.54, 1.807) is 41.0 Å². The molecular formula is C20H13NO4. The predicted octanol–water partition coefficient (Wildman–Crippen LogP) is 3.04. The number of methoxy groups -OCH3 is 1. The molecular weight excluding hydrogens is 318 g/mol. The molecule has 1 aliphatic rings. The van der Waals surface area contributed by atoms with Crippen LogP contribution in [0, 0.1) is 0 Å². The molecule has 0 amide bonds. The number of aromatic nitrogens is 1. The van der Waals surface area contributed by atoms with Crippen molar-refractivity contribution in [2.45, 2.75) is 0 Å². The van der Waals surface area contributed by atoms with Gasteiger partial charge in [0.15, 0.2) is 5.78 Å². The first-order chi connectivity index (χ1) is 12.1. The Morgan fingerprint density at radius 3 is 2.12 bits per heavy atom. The topological polar surface area (TPSA) is 65.4 Å². The largest absolute Gasteiger partial charge is 0.465 e. The number of fused-ring (bicyclic) bond motifs is 2. The first kappa shape index (κ1) is 15.1. The van der Waals surface area contributed by atoms with Crippen molar-refractivity contribution in [1.29, 1.82) is 0 Å². The highest BCUT2D eigenvalue weighted by Crippen LogP contribution is 2.33. The average molecular weight is 331 g/mol. The summed E-state index contributed by atoms with van der Waals surface area (Å²) in [6.45, 7) is 0. The lowest BCUT2D eigenvalue weighted by Gasteiger charge is -2.17. The zero-order valence-electron chi connectivity index (χ0n) is 13.4. The SMILES string of the molecule is COC(=O)c1cn(-c2ccccc2)c2c1C(=O)c1ccccc1C2=O. The molecule has 0 bridgehead atoms. The second kappa shape index (κ2) is 5.56. The van der Waals surface area contributed by atoms with Gasteiger partial charge in [-0.3, -0.25) is 9.59 Å². The minimum absolute atomic E-state index is 0.0919. The van der Waals surface area contributed by atoms with Crippen LogP contribution in [0.3, 0.4) is 0 Å². The van der Waals surface area contributed by atoms with E-state index in [0.717, 1.165) is 0 Å². The summed E-state index contributed by atoms with van der Waals surface area (Å²) in [5, 5.41) is 0. The van der Waals surface area contributed by atoms with Crippen LogP contribution in [0.15, 0.2) is 60.8 Å². The second-order valence-corrected chi connectivity index (χ2v) is 5.67. The van der Waals surface area contributed by atoms with Gasteiger partial charge < -0.3 is 9.30 Å². The van der Waals surface area contributed by atoms with Crippen LogP contribution in [0.25, 0.3) is 5.69 Å². The average Bonchev–Trinajstić information content (AvgIpc) is 3.07. The molecule has 2 aromatic carbocycles. The van der Waals surface area contributed by atoms with Crippen molar-refractivity contribution in [2.24, 2.45) is 0 Å². The summed E-state index contributed by atoms with van der Waals surface area (Å²) in [5.74, 6) is -1.28. The molecule has 0 unspecified atom stereocenters. The molecule has 0 saturated carbocycles. The Labute approximate surface area is 143 Å². The van der Waals surface area contributed by atoms with Crippen LogP contribution in [0.4, 0.5) is 0 Å². The number of nitrogens with zero attached hydrogens (tertiary/aromatic N) is 1. The number of benzene rings is 2. The Morgan fingerprint density at radius 2 is 1.48 bits per heavy atom. The van der Waals surface area contributed by atoms with Gasteiger partial charge in [-0.1, -0.05) is 42.5 Å². The van der Waals surface area contributed by atoms with Gasteiger partial charge in [-0.2, -0.15) is 0 Å². The zero-order chi connectivity index (χ0) is 17.6. The van der Waals surface area contributed by atoms with Gasteiger partial charge in [-0.05, 0) is 12.1 Å². The smallest absolute Gasteiger partial charge is 0.340 e. The molecule has 1 heterocycles. The molecule has 5 nitrogen and oxygen atoms in total. The molecule has 0 fully saturated rings. The molecule has 0 aliphatic heterocycles. The lowest BCUT2D eigenvalue weighted by Crippen LogP contribution is -2.23. The number of carbonyl (C=O) groups is 3. The van der Waals surface area contributed by atoms with E-state index in [4.69, 9.17) is 4.74 Å². The minimum atomic E-state index is -0.647. The predicted molar refractivity (Wildman–Crippen MR) is 90.4 cm³/mol. The molecule has 0 spiro atoms. The quantitative estimate of drug-likeness (QED) is 0.530. The second-order valence-electron chi connectivity index (χ2n) is 5.67. The lowest BCUT2D eigenvalue weighted by molar-refractivity contribution is 0.0597. The minimum Gasteiger partial charge on any atom is -0.465 e. The van der Waals surface area contributed by atoms with Gasteiger partial charge in [0.05, 0.1) is 18.2 Å². The number of carbonyl (C=O) groups excluding carboxylic acids is 3. The Hall–Kier alpha value is -3.47. The number of rotatable bonds is 2. The summed E-state index contributed by atoms with van der Waals surface area (Å²) in [7, 11) is 1.25. The van der Waals surface area contributed by atoms with E-state index in [-0.39, 0.29) is 28.4 Å². The number of ketones is 2. The van der Waals surface area contributed by atoms with Gasteiger partial charge in [0, 0.05) is 23.0 Å². The lowest BCUT2D eigenvalue weighted by atomic mass is 9.86. The maximum atomic E-state index is 13.0. The molecule has 1 aromatic heterocycles. The fourth-order valence-electron chi connectivity index (χ4n) is 3.16. The standard InChI is InChI=1S/C20H13NO4/c1-25-20(24)15-11-21(12-7-3-2-4-8-12)17-16(15)18(22)13-9-5-6-10-14(13)19(17)23/h2-11H,1H3. The van der Waals surface area contributed by atoms with E-state index in [1.165, 1.54) is 13.3 Å². The highest BCUT2D eigenvalue weighted by atomic mass is 16.5. The van der Waals surface area contributed by atoms with Gasteiger partial charge in [0.1, 0.15) is 5.69 Å². The van der Waals surface area contributed by atoms with Gasteiger partial charge in [0.2, 0.25) is 5.78 Å². The van der Waals surface area contributed by atoms with Crippen LogP contribution in [0.1, 0.15) is 42.3 Å². The van der Waals surface area contributed by atoms with E-state index >= 15 is 0 Å². The highest BCUT2D eigenvalue weighted by Gasteiger charge is 2.37. The van der Waals surface area contributed by atoms with E-state index in [0.29, 0.717) is 16.8 Å². The fourth-order valence-corrected chi connectivity index (χ4v) is 3.16. The number of hydrogen-bond acceptors (Lipinski definition) is 4. The molecule has 0 radical (unpaired) electrons. The van der Waals surface area contributed by atoms with Gasteiger partial charge in [-0.15, -0.1) is 0 Å². The van der Waals surface area contributed by atoms with Gasteiger partial charge >= 0.3 is 5.97 Å². The normalized spacial score (nSPS) is 12.5. The summed E-state index contributed by atoms with van der Waals surface area (Å²) in [6, 6.07) is 15.7. The van der Waals surface area contributed by atoms with Gasteiger partial charge in [0.25, 0.3) is 0 Å². The third kappa shape index (κ3) is 2.13. The molecule has 0 atom stereocenters. The highest BCUT2D eigenvalue weighted by molar-refractivity contribution is 6.30. The summed E-state index contributed by atoms with van der Waals surface area (Å²) in [5.41, 5.74) is 1.71. The number of esters is 1. The molecule has 5 heteroatoms. The molecule has 4 rings (SSSR count). The van der Waals surface area contributed by atoms with Crippen molar-refractivity contribution in [3.63, 3.8) is 0 Å². The zero-order valence-corrected chi connectivity index (χ0v) is 13.4. The molecule has 0 N–H and O–H groups in total. The first-order valence-electron chi connectivity index (χ1n) is 7.71. The third-order valence-corrected chi connectivity index (χ3v) is 4.30. The fraction of sp³-hybridized carbons (Fsp3) is 0.0500. The molecule has 1 aliphatic carbocycles. The summed E-state index contributed by atoms with van der Waals surface area (Å²) < 4.78 is 6.39. The van der Waals surface area contributed by atoms with Crippen LogP contribution >= 0.6 is 0 Å². The summed E-state index contributed by atoms with van der Waals surface area (Å²) >= 11 is 0. The van der Waals surface area contributed by atoms with Crippen LogP contribution < -0.4 is 0 Å². The Balaban J connectivity index is 2.05. The maximum Gasteiger partial charge on any atom is 0.340 e. The number of hydrogen-bond donors (Lipinski definition) is 0. The van der Waals surface area contributed by atoms with Crippen LogP contribution in [-0.2, 0) is 4.74 Å². The van der Waals surface area contributed by atoms with E-state index in [2.05, 4.69) is 0 Å². The Morgan fingerprint density at radius 1 is 0.880 bits per heavy atom. The van der Waals surface area contributed by atoms with Crippen molar-refractivity contribution >= 4 is 17.5 Å². The van der Waals surface area contributed by atoms with Crippen molar-refractivity contribution < 1.29 is 19.1 Å². The van der Waals surface area contributed by atoms with Crippen LogP contribution in [0.2, 0.25) is 0 Å². The number of ether oxygens (including phenoxy) is 1. The molecule has 25 heavy (non-hydrogen) atoms. The van der Waals surface area contributed by atoms with E-state index < -0.39 is 5.97 Å². The first-order valence-corrected chi connectivity index (χ1v) is 7.71. The summed E-state index contributed by atoms with van der Waals surface area (Å²) in [4.78, 5) is 38.2. The monoisotopic (exact) mass is 331 g/mol. The Bertz CT molecular complexity index is 1030. The van der Waals surface area contributed by atoms with Crippen molar-refractivity contribution in [3.05, 3.63) is 88.7 Å². The Kier molecular flexibility index (Phi) is 3.35. The summed E-state index contributed by atoms with van der Waals surface area (Å²) in [6.07, 6.45) is 1.49. The molecule has 0 saturated heterocycles. The third-order valence-electron chi connectivity index (χ3n) is 4.30.